The molecular weight excluding hydrogens is 146 g/mol. The quantitative estimate of drug-likeness (QED) is 0.631. The SMILES string of the molecule is C=CCC1(CC=C)CN[C@H](C)C1. The van der Waals surface area contributed by atoms with Crippen molar-refractivity contribution < 1.29 is 0 Å². The normalized spacial score (nSPS) is 26.9. The van der Waals surface area contributed by atoms with Crippen molar-refractivity contribution in [3.8, 4) is 0 Å². The molecule has 0 amide bonds. The van der Waals surface area contributed by atoms with Crippen LogP contribution in [0.4, 0.5) is 0 Å². The van der Waals surface area contributed by atoms with Crippen LogP contribution < -0.4 is 5.32 Å². The highest BCUT2D eigenvalue weighted by molar-refractivity contribution is 4.99. The molecule has 0 aromatic heterocycles. The minimum absolute atomic E-state index is 0.420. The summed E-state index contributed by atoms with van der Waals surface area (Å²) in [4.78, 5) is 0. The van der Waals surface area contributed by atoms with Crippen LogP contribution >= 0.6 is 0 Å². The zero-order chi connectivity index (χ0) is 9.03. The molecule has 1 aliphatic rings. The fourth-order valence-corrected chi connectivity index (χ4v) is 2.19. The Morgan fingerprint density at radius 3 is 2.33 bits per heavy atom. The molecular formula is C11H19N. The van der Waals surface area contributed by atoms with Crippen molar-refractivity contribution >= 4 is 0 Å². The molecule has 0 saturated carbocycles. The highest BCUT2D eigenvalue weighted by Gasteiger charge is 2.34. The summed E-state index contributed by atoms with van der Waals surface area (Å²) in [6.45, 7) is 11.0. The van der Waals surface area contributed by atoms with Gasteiger partial charge in [-0.25, -0.2) is 0 Å². The highest BCUT2D eigenvalue weighted by Crippen LogP contribution is 2.36. The summed E-state index contributed by atoms with van der Waals surface area (Å²) in [5.41, 5.74) is 0.420. The zero-order valence-electron chi connectivity index (χ0n) is 7.97. The second-order valence-corrected chi connectivity index (χ2v) is 3.97. The maximum Gasteiger partial charge on any atom is 0.00449 e. The maximum atomic E-state index is 3.81. The zero-order valence-corrected chi connectivity index (χ0v) is 7.97. The van der Waals surface area contributed by atoms with Gasteiger partial charge in [-0.15, -0.1) is 13.2 Å². The van der Waals surface area contributed by atoms with Crippen molar-refractivity contribution in [2.75, 3.05) is 6.54 Å². The van der Waals surface area contributed by atoms with E-state index in [-0.39, 0.29) is 0 Å². The van der Waals surface area contributed by atoms with Crippen LogP contribution in [0.3, 0.4) is 0 Å². The van der Waals surface area contributed by atoms with Gasteiger partial charge in [0.2, 0.25) is 0 Å². The second kappa shape index (κ2) is 3.90. The van der Waals surface area contributed by atoms with Gasteiger partial charge in [-0.2, -0.15) is 0 Å². The summed E-state index contributed by atoms with van der Waals surface area (Å²) in [6, 6.07) is 0.657. The molecule has 1 fully saturated rings. The molecule has 1 heterocycles. The molecule has 12 heavy (non-hydrogen) atoms. The Bertz CT molecular complexity index is 162. The standard InChI is InChI=1S/C11H19N/c1-4-6-11(7-5-2)8-10(3)12-9-11/h4-5,10,12H,1-2,6-9H2,3H3/t10-/m1/s1. The highest BCUT2D eigenvalue weighted by atomic mass is 15.0. The predicted octanol–water partition coefficient (Wildman–Crippen LogP) is 2.51. The van der Waals surface area contributed by atoms with Crippen molar-refractivity contribution in [3.05, 3.63) is 25.3 Å². The molecule has 0 unspecified atom stereocenters. The van der Waals surface area contributed by atoms with Crippen LogP contribution in [0.5, 0.6) is 0 Å². The van der Waals surface area contributed by atoms with Crippen molar-refractivity contribution in [3.63, 3.8) is 0 Å². The first-order valence-corrected chi connectivity index (χ1v) is 4.68. The Labute approximate surface area is 75.6 Å². The van der Waals surface area contributed by atoms with Gasteiger partial charge in [0.05, 0.1) is 0 Å². The van der Waals surface area contributed by atoms with E-state index in [0.717, 1.165) is 19.4 Å². The molecule has 1 atom stereocenters. The van der Waals surface area contributed by atoms with Gasteiger partial charge in [-0.1, -0.05) is 12.2 Å². The number of nitrogens with one attached hydrogen (secondary N) is 1. The molecule has 1 nitrogen and oxygen atoms in total. The van der Waals surface area contributed by atoms with Crippen LogP contribution in [0, 0.1) is 5.41 Å². The van der Waals surface area contributed by atoms with E-state index in [0.29, 0.717) is 11.5 Å². The first-order valence-electron chi connectivity index (χ1n) is 4.68. The van der Waals surface area contributed by atoms with Gasteiger partial charge in [0, 0.05) is 12.6 Å². The lowest BCUT2D eigenvalue weighted by Crippen LogP contribution is -2.22. The van der Waals surface area contributed by atoms with Crippen LogP contribution in [0.15, 0.2) is 25.3 Å². The van der Waals surface area contributed by atoms with Crippen LogP contribution in [0.1, 0.15) is 26.2 Å². The average molecular weight is 165 g/mol. The predicted molar refractivity (Wildman–Crippen MR) is 54.1 cm³/mol. The van der Waals surface area contributed by atoms with E-state index in [1.165, 1.54) is 6.42 Å². The third kappa shape index (κ3) is 1.98. The topological polar surface area (TPSA) is 12.0 Å². The van der Waals surface area contributed by atoms with Gasteiger partial charge in [0.25, 0.3) is 0 Å². The van der Waals surface area contributed by atoms with E-state index in [4.69, 9.17) is 0 Å². The molecule has 1 saturated heterocycles. The van der Waals surface area contributed by atoms with E-state index in [9.17, 15) is 0 Å². The maximum absolute atomic E-state index is 3.81. The smallest absolute Gasteiger partial charge is 0.00449 e. The van der Waals surface area contributed by atoms with Gasteiger partial charge in [0.15, 0.2) is 0 Å². The Morgan fingerprint density at radius 1 is 1.42 bits per heavy atom. The number of hydrogen-bond donors (Lipinski definition) is 1. The molecule has 0 bridgehead atoms. The molecule has 1 heteroatoms. The van der Waals surface area contributed by atoms with Gasteiger partial charge in [0.1, 0.15) is 0 Å². The fraction of sp³-hybridized carbons (Fsp3) is 0.636. The van der Waals surface area contributed by atoms with Gasteiger partial charge in [-0.05, 0) is 31.6 Å². The summed E-state index contributed by atoms with van der Waals surface area (Å²) in [5.74, 6) is 0. The van der Waals surface area contributed by atoms with E-state index in [2.05, 4.69) is 25.4 Å². The van der Waals surface area contributed by atoms with Gasteiger partial charge in [-0.3, -0.25) is 0 Å². The van der Waals surface area contributed by atoms with Crippen molar-refractivity contribution in [2.24, 2.45) is 5.41 Å². The van der Waals surface area contributed by atoms with E-state index in [1.807, 2.05) is 12.2 Å². The molecule has 0 spiro atoms. The third-order valence-corrected chi connectivity index (χ3v) is 2.72. The molecule has 1 N–H and O–H groups in total. The van der Waals surface area contributed by atoms with Crippen LogP contribution in [-0.2, 0) is 0 Å². The number of rotatable bonds is 4. The van der Waals surface area contributed by atoms with E-state index in [1.54, 1.807) is 0 Å². The summed E-state index contributed by atoms with van der Waals surface area (Å²) < 4.78 is 0. The van der Waals surface area contributed by atoms with E-state index >= 15 is 0 Å². The number of hydrogen-bond acceptors (Lipinski definition) is 1. The summed E-state index contributed by atoms with van der Waals surface area (Å²) in [7, 11) is 0. The first kappa shape index (κ1) is 9.53. The average Bonchev–Trinajstić information content (AvgIpc) is 2.34. The first-order chi connectivity index (χ1) is 5.72. The summed E-state index contributed by atoms with van der Waals surface area (Å²) in [5, 5.41) is 3.48. The lowest BCUT2D eigenvalue weighted by atomic mass is 9.79. The molecule has 0 aliphatic carbocycles. The fourth-order valence-electron chi connectivity index (χ4n) is 2.19. The lowest BCUT2D eigenvalue weighted by Gasteiger charge is -2.25. The van der Waals surface area contributed by atoms with Crippen LogP contribution in [-0.4, -0.2) is 12.6 Å². The lowest BCUT2D eigenvalue weighted by molar-refractivity contribution is 0.326. The Hall–Kier alpha value is -0.560. The van der Waals surface area contributed by atoms with Gasteiger partial charge >= 0.3 is 0 Å². The Kier molecular flexibility index (Phi) is 3.10. The monoisotopic (exact) mass is 165 g/mol. The summed E-state index contributed by atoms with van der Waals surface area (Å²) >= 11 is 0. The Balaban J connectivity index is 2.59. The molecule has 1 aliphatic heterocycles. The summed E-state index contributed by atoms with van der Waals surface area (Å²) in [6.07, 6.45) is 7.53. The third-order valence-electron chi connectivity index (χ3n) is 2.72. The van der Waals surface area contributed by atoms with E-state index < -0.39 is 0 Å². The minimum Gasteiger partial charge on any atom is -0.314 e. The Morgan fingerprint density at radius 2 is 2.00 bits per heavy atom. The van der Waals surface area contributed by atoms with Crippen molar-refractivity contribution in [1.29, 1.82) is 0 Å². The van der Waals surface area contributed by atoms with Gasteiger partial charge < -0.3 is 5.32 Å². The largest absolute Gasteiger partial charge is 0.314 e. The minimum atomic E-state index is 0.420. The number of allylic oxidation sites excluding steroid dienone is 2. The van der Waals surface area contributed by atoms with Crippen molar-refractivity contribution in [1.82, 2.24) is 5.32 Å². The molecule has 0 radical (unpaired) electrons. The van der Waals surface area contributed by atoms with Crippen LogP contribution in [0.25, 0.3) is 0 Å². The molecule has 0 aromatic carbocycles. The molecule has 0 aromatic rings. The molecule has 68 valence electrons. The second-order valence-electron chi connectivity index (χ2n) is 3.97. The van der Waals surface area contributed by atoms with Crippen molar-refractivity contribution in [2.45, 2.75) is 32.2 Å². The molecule has 1 rings (SSSR count). The van der Waals surface area contributed by atoms with Crippen LogP contribution in [0.2, 0.25) is 0 Å².